The van der Waals surface area contributed by atoms with Crippen molar-refractivity contribution in [1.82, 2.24) is 0 Å². The van der Waals surface area contributed by atoms with Gasteiger partial charge in [-0.1, -0.05) is 0 Å². The third kappa shape index (κ3) is 6.95. The molecule has 0 heterocycles. The summed E-state index contributed by atoms with van der Waals surface area (Å²) in [4.78, 5) is 13.3. The minimum Gasteiger partial charge on any atom is -0.457 e. The molecule has 0 unspecified atom stereocenters. The van der Waals surface area contributed by atoms with Crippen molar-refractivity contribution in [3.05, 3.63) is 4.98 Å². The Kier molecular flexibility index (Phi) is 4.21. The van der Waals surface area contributed by atoms with Crippen LogP contribution in [-0.2, 0) is 19.4 Å². The molecule has 0 N–H and O–H groups in total. The molecule has 0 aliphatic rings. The van der Waals surface area contributed by atoms with Gasteiger partial charge in [-0.15, -0.1) is 0 Å². The average Bonchev–Trinajstić information content (AvgIpc) is 1.84. The van der Waals surface area contributed by atoms with E-state index in [1.165, 1.54) is 0 Å². The van der Waals surface area contributed by atoms with Crippen LogP contribution in [0.4, 0.5) is 0 Å². The van der Waals surface area contributed by atoms with E-state index in [9.17, 15) is 13.2 Å². The zero-order chi connectivity index (χ0) is 9.61. The van der Waals surface area contributed by atoms with Gasteiger partial charge >= 0.3 is 12.5 Å². The first kappa shape index (κ1) is 10.8. The van der Waals surface area contributed by atoms with Gasteiger partial charge in [-0.2, -0.15) is 0 Å². The van der Waals surface area contributed by atoms with E-state index in [4.69, 9.17) is 5.39 Å². The second kappa shape index (κ2) is 4.66. The third-order valence-corrected chi connectivity index (χ3v) is 1.59. The summed E-state index contributed by atoms with van der Waals surface area (Å²) in [5, 5.41) is 7.93. The molecule has 0 rings (SSSR count). The van der Waals surface area contributed by atoms with Crippen molar-refractivity contribution in [3.8, 4) is 0 Å². The fourth-order valence-electron chi connectivity index (χ4n) is 0.456. The molecule has 0 aromatic carbocycles. The Bertz CT molecular complexity index is 289. The Hall–Kier alpha value is -1.16. The zero-order valence-corrected chi connectivity index (χ0v) is 7.37. The highest BCUT2D eigenvalue weighted by molar-refractivity contribution is 7.91. The fourth-order valence-corrected chi connectivity index (χ4v) is 0.968. The van der Waals surface area contributed by atoms with Crippen molar-refractivity contribution in [3.63, 3.8) is 0 Å². The van der Waals surface area contributed by atoms with Gasteiger partial charge in [0.1, 0.15) is 10.7 Å². The van der Waals surface area contributed by atoms with Crippen molar-refractivity contribution in [1.29, 1.82) is 5.39 Å². The quantitative estimate of drug-likeness (QED) is 0.339. The van der Waals surface area contributed by atoms with Gasteiger partial charge < -0.3 is 4.74 Å². The monoisotopic (exact) mass is 193 g/mol. The van der Waals surface area contributed by atoms with Gasteiger partial charge in [0.05, 0.1) is 0 Å². The van der Waals surface area contributed by atoms with E-state index in [0.717, 1.165) is 6.26 Å². The van der Waals surface area contributed by atoms with Gasteiger partial charge in [0, 0.05) is 6.26 Å². The maximum absolute atomic E-state index is 10.6. The smallest absolute Gasteiger partial charge is 0.338 e. The lowest BCUT2D eigenvalue weighted by atomic mass is 10.7. The molecule has 0 amide bonds. The van der Waals surface area contributed by atoms with Crippen LogP contribution in [0.25, 0.3) is 4.98 Å². The summed E-state index contributed by atoms with van der Waals surface area (Å²) in [6.07, 6.45) is 0.935. The molecule has 0 radical (unpaired) electrons. The number of carbonyl (C=O) groups is 1. The van der Waals surface area contributed by atoms with E-state index < -0.39 is 21.6 Å². The molecule has 0 saturated heterocycles. The molecule has 0 saturated carbocycles. The predicted octanol–water partition coefficient (Wildman–Crippen LogP) is -0.573. The number of carbonyl (C=O) groups excluding carboxylic acids is 1. The van der Waals surface area contributed by atoms with Gasteiger partial charge in [0.15, 0.2) is 16.4 Å². The maximum Gasteiger partial charge on any atom is 0.338 e. The number of diazo groups is 1. The van der Waals surface area contributed by atoms with Gasteiger partial charge in [-0.3, -0.25) is 4.79 Å². The molecular weight excluding hydrogens is 184 g/mol. The molecule has 6 nitrogen and oxygen atoms in total. The maximum atomic E-state index is 10.6. The first-order valence-corrected chi connectivity index (χ1v) is 5.16. The Morgan fingerprint density at radius 1 is 1.58 bits per heavy atom. The van der Waals surface area contributed by atoms with Crippen LogP contribution in [-0.4, -0.2) is 39.5 Å². The normalized spacial score (nSPS) is 10.3. The van der Waals surface area contributed by atoms with Crippen molar-refractivity contribution in [2.75, 3.05) is 25.2 Å². The number of ether oxygens (including phenoxy) is 1. The molecule has 0 spiro atoms. The van der Waals surface area contributed by atoms with E-state index in [-0.39, 0.29) is 13.2 Å². The van der Waals surface area contributed by atoms with E-state index >= 15 is 0 Å². The van der Waals surface area contributed by atoms with Crippen molar-refractivity contribution >= 4 is 15.8 Å². The van der Waals surface area contributed by atoms with Gasteiger partial charge in [0.25, 0.3) is 0 Å². The summed E-state index contributed by atoms with van der Waals surface area (Å²) in [6, 6.07) is 0. The Labute approximate surface area is 70.1 Å². The lowest BCUT2D eigenvalue weighted by Crippen LogP contribution is -2.18. The summed E-state index contributed by atoms with van der Waals surface area (Å²) in [7, 11) is -3.33. The van der Waals surface area contributed by atoms with Crippen LogP contribution in [0.15, 0.2) is 0 Å². The molecule has 68 valence electrons. The molecule has 0 fully saturated rings. The molecular formula is C5H9N2O4S+. The SMILES string of the molecule is CS(=O)(=O)CC(=O)OCC[N+]#N. The van der Waals surface area contributed by atoms with Crippen molar-refractivity contribution in [2.45, 2.75) is 0 Å². The summed E-state index contributed by atoms with van der Waals surface area (Å²) in [5.74, 6) is -1.47. The largest absolute Gasteiger partial charge is 0.457 e. The van der Waals surface area contributed by atoms with E-state index in [0.29, 0.717) is 0 Å². The molecule has 0 bridgehead atoms. The first-order valence-electron chi connectivity index (χ1n) is 3.10. The topological polar surface area (TPSA) is 88.6 Å². The Morgan fingerprint density at radius 2 is 2.17 bits per heavy atom. The zero-order valence-electron chi connectivity index (χ0n) is 6.56. The number of hydrogen-bond acceptors (Lipinski definition) is 5. The van der Waals surface area contributed by atoms with E-state index in [1.54, 1.807) is 0 Å². The molecule has 0 aliphatic carbocycles. The minimum absolute atomic E-state index is 0.0461. The minimum atomic E-state index is -3.33. The average molecular weight is 193 g/mol. The lowest BCUT2D eigenvalue weighted by molar-refractivity contribution is -0.140. The molecule has 12 heavy (non-hydrogen) atoms. The summed E-state index contributed by atoms with van der Waals surface area (Å²) < 4.78 is 25.4. The molecule has 0 aromatic heterocycles. The van der Waals surface area contributed by atoms with Gasteiger partial charge in [-0.05, 0) is 0 Å². The molecule has 0 aromatic rings. The second-order valence-corrected chi connectivity index (χ2v) is 4.30. The Morgan fingerprint density at radius 3 is 2.58 bits per heavy atom. The van der Waals surface area contributed by atoms with Crippen molar-refractivity contribution in [2.24, 2.45) is 0 Å². The fraction of sp³-hybridized carbons (Fsp3) is 0.800. The first-order chi connectivity index (χ1) is 5.45. The van der Waals surface area contributed by atoms with Crippen LogP contribution in [0.3, 0.4) is 0 Å². The van der Waals surface area contributed by atoms with Crippen LogP contribution >= 0.6 is 0 Å². The third-order valence-electron chi connectivity index (χ3n) is 0.834. The van der Waals surface area contributed by atoms with Crippen LogP contribution in [0, 0.1) is 5.39 Å². The summed E-state index contributed by atoms with van der Waals surface area (Å²) in [5.41, 5.74) is 0. The molecule has 0 atom stereocenters. The van der Waals surface area contributed by atoms with Crippen LogP contribution in [0.2, 0.25) is 0 Å². The predicted molar refractivity (Wildman–Crippen MR) is 40.6 cm³/mol. The standard InChI is InChI=1S/C5H9N2O4S/c1-12(9,10)4-5(8)11-3-2-7-6/h2-4H2,1H3/q+1. The number of rotatable bonds is 4. The number of sulfone groups is 1. The second-order valence-electron chi connectivity index (χ2n) is 2.16. The summed E-state index contributed by atoms with van der Waals surface area (Å²) in [6.45, 7) is -0.152. The number of nitrogens with zero attached hydrogens (tertiary/aromatic N) is 2. The van der Waals surface area contributed by atoms with E-state index in [1.807, 2.05) is 0 Å². The number of hydrogen-bond donors (Lipinski definition) is 0. The van der Waals surface area contributed by atoms with Crippen LogP contribution in [0.5, 0.6) is 0 Å². The van der Waals surface area contributed by atoms with Gasteiger partial charge in [0.2, 0.25) is 5.39 Å². The highest BCUT2D eigenvalue weighted by Crippen LogP contribution is 1.86. The van der Waals surface area contributed by atoms with Crippen molar-refractivity contribution < 1.29 is 17.9 Å². The number of esters is 1. The Balaban J connectivity index is 3.71. The van der Waals surface area contributed by atoms with Crippen LogP contribution < -0.4 is 0 Å². The van der Waals surface area contributed by atoms with Crippen LogP contribution in [0.1, 0.15) is 0 Å². The lowest BCUT2D eigenvalue weighted by Gasteiger charge is -1.97. The highest BCUT2D eigenvalue weighted by Gasteiger charge is 2.12. The molecule has 0 aliphatic heterocycles. The van der Waals surface area contributed by atoms with E-state index in [2.05, 4.69) is 9.71 Å². The molecule has 7 heteroatoms. The highest BCUT2D eigenvalue weighted by atomic mass is 32.2. The summed E-state index contributed by atoms with van der Waals surface area (Å²) >= 11 is 0. The van der Waals surface area contributed by atoms with Gasteiger partial charge in [-0.25, -0.2) is 8.42 Å².